The van der Waals surface area contributed by atoms with Gasteiger partial charge in [0.1, 0.15) is 12.4 Å². The molecule has 5 nitrogen and oxygen atoms in total. The summed E-state index contributed by atoms with van der Waals surface area (Å²) < 4.78 is 17.1. The summed E-state index contributed by atoms with van der Waals surface area (Å²) in [6, 6.07) is 0.466. The van der Waals surface area contributed by atoms with Crippen LogP contribution in [0, 0.1) is 5.41 Å². The van der Waals surface area contributed by atoms with Crippen LogP contribution in [-0.4, -0.2) is 63.7 Å². The van der Waals surface area contributed by atoms with Gasteiger partial charge in [-0.05, 0) is 64.4 Å². The molecule has 3 aliphatic rings. The number of ether oxygens (including phenoxy) is 3. The Bertz CT molecular complexity index is 470. The lowest BCUT2D eigenvalue weighted by Crippen LogP contribution is -2.52. The highest BCUT2D eigenvalue weighted by Gasteiger charge is 2.34. The van der Waals surface area contributed by atoms with Gasteiger partial charge in [0.25, 0.3) is 0 Å². The van der Waals surface area contributed by atoms with E-state index in [4.69, 9.17) is 14.2 Å². The Morgan fingerprint density at radius 1 is 1.32 bits per heavy atom. The number of allylic oxidation sites excluding steroid dienone is 2. The zero-order valence-electron chi connectivity index (χ0n) is 15.8. The Labute approximate surface area is 152 Å². The van der Waals surface area contributed by atoms with E-state index >= 15 is 0 Å². The first kappa shape index (κ1) is 18.9. The first-order chi connectivity index (χ1) is 12.2. The van der Waals surface area contributed by atoms with E-state index in [0.29, 0.717) is 19.3 Å². The van der Waals surface area contributed by atoms with Crippen molar-refractivity contribution in [1.82, 2.24) is 10.2 Å². The number of rotatable bonds is 9. The molecular weight excluding hydrogens is 316 g/mol. The number of hydrogen-bond donors (Lipinski definition) is 1. The van der Waals surface area contributed by atoms with Crippen molar-refractivity contribution in [3.8, 4) is 0 Å². The van der Waals surface area contributed by atoms with Crippen molar-refractivity contribution in [2.24, 2.45) is 5.41 Å². The molecule has 2 aliphatic heterocycles. The predicted molar refractivity (Wildman–Crippen MR) is 99.3 cm³/mol. The highest BCUT2D eigenvalue weighted by Crippen LogP contribution is 2.34. The molecule has 3 atom stereocenters. The molecule has 0 amide bonds. The third-order valence-electron chi connectivity index (χ3n) is 5.70. The predicted octanol–water partition coefficient (Wildman–Crippen LogP) is 2.69. The maximum Gasteiger partial charge on any atom is 0.157 e. The van der Waals surface area contributed by atoms with Crippen molar-refractivity contribution in [1.29, 1.82) is 0 Å². The van der Waals surface area contributed by atoms with Crippen LogP contribution in [0.25, 0.3) is 0 Å². The Hall–Kier alpha value is -0.880. The van der Waals surface area contributed by atoms with E-state index in [1.807, 2.05) is 0 Å². The average molecular weight is 351 g/mol. The van der Waals surface area contributed by atoms with E-state index in [1.165, 1.54) is 25.9 Å². The third-order valence-corrected chi connectivity index (χ3v) is 5.70. The average Bonchev–Trinajstić information content (AvgIpc) is 2.60. The Morgan fingerprint density at radius 2 is 2.20 bits per heavy atom. The van der Waals surface area contributed by atoms with Gasteiger partial charge in [-0.25, -0.2) is 0 Å². The van der Waals surface area contributed by atoms with E-state index in [1.54, 1.807) is 0 Å². The lowest BCUT2D eigenvalue weighted by atomic mass is 9.76. The third kappa shape index (κ3) is 5.30. The minimum absolute atomic E-state index is 0.0330. The van der Waals surface area contributed by atoms with Crippen LogP contribution in [0.15, 0.2) is 24.0 Å². The smallest absolute Gasteiger partial charge is 0.157 e. The minimum atomic E-state index is -0.0330. The van der Waals surface area contributed by atoms with Crippen molar-refractivity contribution in [2.45, 2.75) is 51.4 Å². The molecule has 0 spiro atoms. The van der Waals surface area contributed by atoms with Gasteiger partial charge >= 0.3 is 0 Å². The van der Waals surface area contributed by atoms with E-state index in [2.05, 4.69) is 42.4 Å². The van der Waals surface area contributed by atoms with Gasteiger partial charge in [-0.3, -0.25) is 0 Å². The molecule has 0 bridgehead atoms. The molecule has 1 aliphatic carbocycles. The molecule has 142 valence electrons. The van der Waals surface area contributed by atoms with Crippen molar-refractivity contribution < 1.29 is 14.2 Å². The van der Waals surface area contributed by atoms with Gasteiger partial charge < -0.3 is 24.4 Å². The highest BCUT2D eigenvalue weighted by molar-refractivity contribution is 5.23. The lowest BCUT2D eigenvalue weighted by Gasteiger charge is -2.42. The van der Waals surface area contributed by atoms with Crippen LogP contribution in [0.4, 0.5) is 0 Å². The second-order valence-electron chi connectivity index (χ2n) is 7.66. The molecule has 0 radical (unpaired) electrons. The van der Waals surface area contributed by atoms with Crippen LogP contribution in [0.3, 0.4) is 0 Å². The quantitative estimate of drug-likeness (QED) is 0.648. The molecule has 0 aromatic heterocycles. The fraction of sp³-hybridized carbons (Fsp3) is 0.800. The summed E-state index contributed by atoms with van der Waals surface area (Å²) in [6.07, 6.45) is 12.3. The summed E-state index contributed by atoms with van der Waals surface area (Å²) >= 11 is 0. The normalized spacial score (nSPS) is 31.3. The zero-order valence-corrected chi connectivity index (χ0v) is 15.8. The molecule has 2 fully saturated rings. The van der Waals surface area contributed by atoms with Crippen LogP contribution in [0.5, 0.6) is 0 Å². The van der Waals surface area contributed by atoms with Crippen LogP contribution in [-0.2, 0) is 14.2 Å². The standard InChI is InChI=1S/C20H34N2O3/c1-20(18(21-2)16-22-11-5-12-22)9-7-17(8-10-20)23-14-15-25-19-6-3-4-13-24-19/h7-9,18-19,21H,3-6,10-16H2,1-2H3/t18-,19?,20?/m1/s1. The fourth-order valence-electron chi connectivity index (χ4n) is 3.73. The van der Waals surface area contributed by atoms with Gasteiger partial charge in [-0.2, -0.15) is 0 Å². The molecule has 0 aromatic rings. The largest absolute Gasteiger partial charge is 0.492 e. The second-order valence-corrected chi connectivity index (χ2v) is 7.66. The zero-order chi connectivity index (χ0) is 17.5. The van der Waals surface area contributed by atoms with Crippen molar-refractivity contribution in [2.75, 3.05) is 46.5 Å². The number of hydrogen-bond acceptors (Lipinski definition) is 5. The van der Waals surface area contributed by atoms with Crippen LogP contribution < -0.4 is 5.32 Å². The maximum absolute atomic E-state index is 5.86. The summed E-state index contributed by atoms with van der Waals surface area (Å²) in [7, 11) is 2.07. The SMILES string of the molecule is CN[C@H](CN1CCC1)C1(C)C=CC(OCCOC2CCCCO2)=CC1. The summed E-state index contributed by atoms with van der Waals surface area (Å²) in [5.74, 6) is 0.962. The van der Waals surface area contributed by atoms with Gasteiger partial charge in [0, 0.05) is 24.6 Å². The molecule has 0 saturated carbocycles. The first-order valence-electron chi connectivity index (χ1n) is 9.85. The molecule has 2 heterocycles. The summed E-state index contributed by atoms with van der Waals surface area (Å²) in [5, 5.41) is 3.52. The van der Waals surface area contributed by atoms with Crippen molar-refractivity contribution >= 4 is 0 Å². The lowest BCUT2D eigenvalue weighted by molar-refractivity contribution is -0.167. The van der Waals surface area contributed by atoms with Crippen molar-refractivity contribution in [3.05, 3.63) is 24.0 Å². The monoisotopic (exact) mass is 350 g/mol. The highest BCUT2D eigenvalue weighted by atomic mass is 16.7. The molecule has 2 saturated heterocycles. The summed E-state index contributed by atoms with van der Waals surface area (Å²) in [5.41, 5.74) is 0.142. The number of nitrogens with one attached hydrogen (secondary N) is 1. The van der Waals surface area contributed by atoms with E-state index in [9.17, 15) is 0 Å². The van der Waals surface area contributed by atoms with Crippen LogP contribution >= 0.6 is 0 Å². The molecule has 25 heavy (non-hydrogen) atoms. The number of likely N-dealkylation sites (N-methyl/N-ethyl adjacent to an activating group) is 1. The molecular formula is C20H34N2O3. The Morgan fingerprint density at radius 3 is 2.80 bits per heavy atom. The first-order valence-corrected chi connectivity index (χ1v) is 9.85. The van der Waals surface area contributed by atoms with E-state index in [0.717, 1.165) is 38.2 Å². The summed E-state index contributed by atoms with van der Waals surface area (Å²) in [4.78, 5) is 2.53. The fourth-order valence-corrected chi connectivity index (χ4v) is 3.73. The van der Waals surface area contributed by atoms with Gasteiger partial charge in [0.15, 0.2) is 6.29 Å². The van der Waals surface area contributed by atoms with Gasteiger partial charge in [0.2, 0.25) is 0 Å². The van der Waals surface area contributed by atoms with Crippen LogP contribution in [0.2, 0.25) is 0 Å². The molecule has 5 heteroatoms. The Balaban J connectivity index is 1.38. The van der Waals surface area contributed by atoms with Gasteiger partial charge in [-0.15, -0.1) is 0 Å². The van der Waals surface area contributed by atoms with Crippen molar-refractivity contribution in [3.63, 3.8) is 0 Å². The number of likely N-dealkylation sites (tertiary alicyclic amines) is 1. The topological polar surface area (TPSA) is 43.0 Å². The van der Waals surface area contributed by atoms with Crippen LogP contribution in [0.1, 0.15) is 39.0 Å². The molecule has 1 N–H and O–H groups in total. The van der Waals surface area contributed by atoms with E-state index in [-0.39, 0.29) is 11.7 Å². The van der Waals surface area contributed by atoms with Gasteiger partial charge in [0.05, 0.1) is 6.61 Å². The molecule has 0 aromatic carbocycles. The molecule has 2 unspecified atom stereocenters. The van der Waals surface area contributed by atoms with E-state index < -0.39 is 0 Å². The summed E-state index contributed by atoms with van der Waals surface area (Å²) in [6.45, 7) is 7.93. The maximum atomic E-state index is 5.86. The van der Waals surface area contributed by atoms with Gasteiger partial charge in [-0.1, -0.05) is 13.0 Å². The number of nitrogens with zero attached hydrogens (tertiary/aromatic N) is 1. The Kier molecular flexibility index (Phi) is 6.93. The molecule has 3 rings (SSSR count). The second kappa shape index (κ2) is 9.17. The minimum Gasteiger partial charge on any atom is -0.492 e.